The van der Waals surface area contributed by atoms with Crippen LogP contribution in [0.15, 0.2) is 12.4 Å². The predicted molar refractivity (Wildman–Crippen MR) is 36.0 cm³/mol. The molecule has 0 aliphatic heterocycles. The largest absolute Gasteiger partial charge is 0.485 e. The fraction of sp³-hybridized carbons (Fsp3) is 0.400. The third-order valence-corrected chi connectivity index (χ3v) is 1.33. The van der Waals surface area contributed by atoms with Gasteiger partial charge in [-0.3, -0.25) is 0 Å². The number of nitrogens with zero attached hydrogens (tertiary/aromatic N) is 2. The molecule has 0 aromatic carbocycles. The van der Waals surface area contributed by atoms with Crippen LogP contribution in [0.2, 0.25) is 0 Å². The fourth-order valence-corrected chi connectivity index (χ4v) is 0.800. The first-order valence-corrected chi connectivity index (χ1v) is 3.16. The summed E-state index contributed by atoms with van der Waals surface area (Å²) in [5.74, 6) is 0.0671. The molecule has 2 nitrogen and oxygen atoms in total. The summed E-state index contributed by atoms with van der Waals surface area (Å²) in [6.45, 7) is -4.76. The van der Waals surface area contributed by atoms with Gasteiger partial charge < -0.3 is 17.5 Å². The van der Waals surface area contributed by atoms with Crippen LogP contribution < -0.4 is 0 Å². The van der Waals surface area contributed by atoms with Gasteiger partial charge >= 0.3 is 6.98 Å². The standard InChI is InChI=1S/C5H7BF3N2/c1-11-3-2-10-5(11)4-6(7,8)9/h2-3H,4H2,1H3/q-1. The van der Waals surface area contributed by atoms with Crippen molar-refractivity contribution in [2.24, 2.45) is 7.05 Å². The van der Waals surface area contributed by atoms with Crippen molar-refractivity contribution >= 4 is 6.98 Å². The molecule has 0 fully saturated rings. The van der Waals surface area contributed by atoms with Crippen molar-refractivity contribution in [3.05, 3.63) is 18.2 Å². The quantitative estimate of drug-likeness (QED) is 0.601. The molecule has 0 aliphatic carbocycles. The molecule has 0 radical (unpaired) electrons. The number of hydrogen-bond acceptors (Lipinski definition) is 1. The van der Waals surface area contributed by atoms with Gasteiger partial charge in [-0.15, -0.1) is 0 Å². The Kier molecular flexibility index (Phi) is 1.93. The Morgan fingerprint density at radius 2 is 2.18 bits per heavy atom. The zero-order valence-electron chi connectivity index (χ0n) is 5.97. The van der Waals surface area contributed by atoms with E-state index in [0.29, 0.717) is 0 Å². The SMILES string of the molecule is Cn1ccnc1C[B-](F)(F)F. The van der Waals surface area contributed by atoms with Gasteiger partial charge in [-0.1, -0.05) is 0 Å². The second-order valence-corrected chi connectivity index (χ2v) is 2.37. The fourth-order valence-electron chi connectivity index (χ4n) is 0.800. The molecule has 0 amide bonds. The highest BCUT2D eigenvalue weighted by molar-refractivity contribution is 6.57. The lowest BCUT2D eigenvalue weighted by atomic mass is 9.86. The summed E-state index contributed by atoms with van der Waals surface area (Å²) >= 11 is 0. The molecule has 0 aliphatic rings. The zero-order valence-corrected chi connectivity index (χ0v) is 5.97. The van der Waals surface area contributed by atoms with E-state index in [1.807, 2.05) is 0 Å². The molecule has 0 unspecified atom stereocenters. The zero-order chi connectivity index (χ0) is 8.48. The number of halogens is 3. The Labute approximate surface area is 62.1 Å². The highest BCUT2D eigenvalue weighted by atomic mass is 19.4. The van der Waals surface area contributed by atoms with Gasteiger partial charge in [0.25, 0.3) is 0 Å². The lowest BCUT2D eigenvalue weighted by Crippen LogP contribution is -2.21. The van der Waals surface area contributed by atoms with E-state index < -0.39 is 13.3 Å². The Balaban J connectivity index is 2.72. The lowest BCUT2D eigenvalue weighted by molar-refractivity contribution is 0.463. The molecule has 62 valence electrons. The molecule has 1 heterocycles. The molecule has 0 spiro atoms. The molecule has 0 saturated heterocycles. The van der Waals surface area contributed by atoms with Crippen molar-refractivity contribution in [3.63, 3.8) is 0 Å². The summed E-state index contributed by atoms with van der Waals surface area (Å²) in [4.78, 5) is 3.56. The highest BCUT2D eigenvalue weighted by Crippen LogP contribution is 2.13. The first-order chi connectivity index (χ1) is 4.99. The summed E-state index contributed by atoms with van der Waals surface area (Å²) in [7, 11) is 1.55. The van der Waals surface area contributed by atoms with Crippen molar-refractivity contribution in [1.82, 2.24) is 9.55 Å². The molecule has 0 N–H and O–H groups in total. The molecule has 0 atom stereocenters. The van der Waals surface area contributed by atoms with E-state index in [2.05, 4.69) is 4.98 Å². The van der Waals surface area contributed by atoms with Crippen LogP contribution in [0.3, 0.4) is 0 Å². The van der Waals surface area contributed by atoms with Crippen molar-refractivity contribution in [2.45, 2.75) is 6.32 Å². The first-order valence-electron chi connectivity index (χ1n) is 3.16. The van der Waals surface area contributed by atoms with Crippen LogP contribution in [0, 0.1) is 0 Å². The maximum atomic E-state index is 11.8. The molecule has 1 rings (SSSR count). The Hall–Kier alpha value is -0.935. The normalized spacial score (nSPS) is 12.0. The Morgan fingerprint density at radius 3 is 2.55 bits per heavy atom. The van der Waals surface area contributed by atoms with E-state index in [4.69, 9.17) is 0 Å². The summed E-state index contributed by atoms with van der Waals surface area (Å²) < 4.78 is 36.8. The van der Waals surface area contributed by atoms with Crippen molar-refractivity contribution in [3.8, 4) is 0 Å². The second kappa shape index (κ2) is 2.60. The van der Waals surface area contributed by atoms with Crippen LogP contribution in [-0.4, -0.2) is 16.5 Å². The van der Waals surface area contributed by atoms with Gasteiger partial charge in [0.15, 0.2) is 0 Å². The molecular weight excluding hydrogens is 156 g/mol. The molecule has 1 aromatic rings. The molecular formula is C5H7BF3N2-. The van der Waals surface area contributed by atoms with Crippen molar-refractivity contribution in [1.29, 1.82) is 0 Å². The van der Waals surface area contributed by atoms with Gasteiger partial charge in [-0.25, -0.2) is 4.98 Å². The van der Waals surface area contributed by atoms with Crippen LogP contribution >= 0.6 is 0 Å². The third kappa shape index (κ3) is 2.29. The van der Waals surface area contributed by atoms with Gasteiger partial charge in [0.2, 0.25) is 0 Å². The van der Waals surface area contributed by atoms with Crippen LogP contribution in [-0.2, 0) is 13.4 Å². The van der Waals surface area contributed by atoms with E-state index in [9.17, 15) is 12.9 Å². The average molecular weight is 163 g/mol. The van der Waals surface area contributed by atoms with Crippen LogP contribution in [0.4, 0.5) is 12.9 Å². The molecule has 11 heavy (non-hydrogen) atoms. The maximum Gasteiger partial charge on any atom is 0.485 e. The predicted octanol–water partition coefficient (Wildman–Crippen LogP) is 1.35. The first kappa shape index (κ1) is 8.16. The van der Waals surface area contributed by atoms with E-state index in [1.54, 1.807) is 7.05 Å². The smallest absolute Gasteiger partial charge is 0.449 e. The Morgan fingerprint density at radius 1 is 1.55 bits per heavy atom. The lowest BCUT2D eigenvalue weighted by Gasteiger charge is -2.12. The van der Waals surface area contributed by atoms with Gasteiger partial charge in [-0.2, -0.15) is 0 Å². The van der Waals surface area contributed by atoms with E-state index in [0.717, 1.165) is 0 Å². The number of hydrogen-bond donors (Lipinski definition) is 0. The van der Waals surface area contributed by atoms with Gasteiger partial charge in [0.05, 0.1) is 5.82 Å². The summed E-state index contributed by atoms with van der Waals surface area (Å²) in [6.07, 6.45) is 1.96. The molecule has 6 heteroatoms. The van der Waals surface area contributed by atoms with Crippen LogP contribution in [0.1, 0.15) is 5.82 Å². The molecule has 0 saturated carbocycles. The molecule has 1 aromatic heterocycles. The van der Waals surface area contributed by atoms with Crippen LogP contribution in [0.25, 0.3) is 0 Å². The number of rotatable bonds is 2. The number of imidazole rings is 1. The highest BCUT2D eigenvalue weighted by Gasteiger charge is 2.24. The maximum absolute atomic E-state index is 11.8. The summed E-state index contributed by atoms with van der Waals surface area (Å²) in [6, 6.07) is 0. The summed E-state index contributed by atoms with van der Waals surface area (Å²) in [5, 5.41) is 0. The topological polar surface area (TPSA) is 17.8 Å². The monoisotopic (exact) mass is 163 g/mol. The van der Waals surface area contributed by atoms with Crippen LogP contribution in [0.5, 0.6) is 0 Å². The Bertz CT molecular complexity index is 242. The van der Waals surface area contributed by atoms with Crippen molar-refractivity contribution in [2.75, 3.05) is 0 Å². The number of aromatic nitrogens is 2. The van der Waals surface area contributed by atoms with E-state index in [1.165, 1.54) is 17.0 Å². The van der Waals surface area contributed by atoms with Crippen molar-refractivity contribution < 1.29 is 12.9 Å². The van der Waals surface area contributed by atoms with Gasteiger partial charge in [0.1, 0.15) is 0 Å². The number of aryl methyl sites for hydroxylation is 1. The van der Waals surface area contributed by atoms with E-state index in [-0.39, 0.29) is 5.82 Å². The third-order valence-electron chi connectivity index (χ3n) is 1.33. The molecule has 0 bridgehead atoms. The van der Waals surface area contributed by atoms with Gasteiger partial charge in [-0.05, 0) is 6.32 Å². The van der Waals surface area contributed by atoms with Gasteiger partial charge in [0, 0.05) is 19.4 Å². The average Bonchev–Trinajstić information content (AvgIpc) is 2.12. The minimum Gasteiger partial charge on any atom is -0.449 e. The van der Waals surface area contributed by atoms with E-state index >= 15 is 0 Å². The summed E-state index contributed by atoms with van der Waals surface area (Å²) in [5.41, 5.74) is 0. The minimum atomic E-state index is -4.76. The second-order valence-electron chi connectivity index (χ2n) is 2.37. The minimum absolute atomic E-state index is 0.0671.